The molecule has 106 valence electrons. The van der Waals surface area contributed by atoms with E-state index in [4.69, 9.17) is 0 Å². The number of aliphatic hydroxyl groups excluding tert-OH is 1. The van der Waals surface area contributed by atoms with E-state index in [1.54, 1.807) is 6.20 Å². The minimum Gasteiger partial charge on any atom is -0.392 e. The largest absolute Gasteiger partial charge is 0.392 e. The van der Waals surface area contributed by atoms with E-state index in [0.717, 1.165) is 42.0 Å². The van der Waals surface area contributed by atoms with Gasteiger partial charge < -0.3 is 10.0 Å². The molecule has 1 atom stereocenters. The zero-order chi connectivity index (χ0) is 13.8. The van der Waals surface area contributed by atoms with Gasteiger partial charge in [0, 0.05) is 48.5 Å². The van der Waals surface area contributed by atoms with Crippen molar-refractivity contribution < 1.29 is 5.11 Å². The lowest BCUT2D eigenvalue weighted by molar-refractivity contribution is 0.192. The molecule has 2 heterocycles. The van der Waals surface area contributed by atoms with E-state index in [9.17, 15) is 5.11 Å². The average Bonchev–Trinajstić information content (AvgIpc) is 2.46. The van der Waals surface area contributed by atoms with Gasteiger partial charge in [0.25, 0.3) is 0 Å². The molecule has 1 unspecified atom stereocenters. The Balaban J connectivity index is 2.05. The van der Waals surface area contributed by atoms with Crippen LogP contribution >= 0.6 is 15.9 Å². The van der Waals surface area contributed by atoms with E-state index < -0.39 is 0 Å². The molecule has 1 N–H and O–H groups in total. The van der Waals surface area contributed by atoms with Crippen molar-refractivity contribution >= 4 is 21.7 Å². The highest BCUT2D eigenvalue weighted by molar-refractivity contribution is 9.10. The molecular formula is C14H22BrN3O. The Bertz CT molecular complexity index is 419. The Kier molecular flexibility index (Phi) is 5.19. The summed E-state index contributed by atoms with van der Waals surface area (Å²) < 4.78 is 0.915. The molecule has 1 saturated heterocycles. The van der Waals surface area contributed by atoms with Crippen molar-refractivity contribution in [3.05, 3.63) is 22.3 Å². The quantitative estimate of drug-likeness (QED) is 0.920. The fourth-order valence-electron chi connectivity index (χ4n) is 2.51. The van der Waals surface area contributed by atoms with Gasteiger partial charge in [-0.05, 0) is 35.3 Å². The summed E-state index contributed by atoms with van der Waals surface area (Å²) in [6.07, 6.45) is 2.99. The number of aromatic nitrogens is 1. The molecule has 0 aromatic carbocycles. The number of rotatable bonds is 4. The van der Waals surface area contributed by atoms with Crippen molar-refractivity contribution in [1.82, 2.24) is 9.88 Å². The highest BCUT2D eigenvalue weighted by atomic mass is 79.9. The number of halogens is 1. The first-order chi connectivity index (χ1) is 9.15. The number of nitrogens with zero attached hydrogens (tertiary/aromatic N) is 3. The minimum atomic E-state index is 0.0351. The molecular weight excluding hydrogens is 306 g/mol. The van der Waals surface area contributed by atoms with Crippen LogP contribution in [0.4, 0.5) is 5.82 Å². The summed E-state index contributed by atoms with van der Waals surface area (Å²) in [7, 11) is 0. The summed E-state index contributed by atoms with van der Waals surface area (Å²) in [5, 5.41) is 9.45. The van der Waals surface area contributed by atoms with Crippen molar-refractivity contribution in [2.24, 2.45) is 0 Å². The minimum absolute atomic E-state index is 0.0351. The maximum Gasteiger partial charge on any atom is 0.134 e. The highest BCUT2D eigenvalue weighted by Gasteiger charge is 2.22. The van der Waals surface area contributed by atoms with Crippen molar-refractivity contribution in [3.63, 3.8) is 0 Å². The van der Waals surface area contributed by atoms with Gasteiger partial charge in [0.15, 0.2) is 0 Å². The molecule has 19 heavy (non-hydrogen) atoms. The van der Waals surface area contributed by atoms with Crippen LogP contribution in [0.15, 0.2) is 16.7 Å². The third-order valence-corrected chi connectivity index (χ3v) is 4.34. The molecule has 1 fully saturated rings. The smallest absolute Gasteiger partial charge is 0.134 e. The molecule has 2 rings (SSSR count). The van der Waals surface area contributed by atoms with Crippen LogP contribution in [0.25, 0.3) is 0 Å². The Hall–Kier alpha value is -0.650. The molecule has 0 radical (unpaired) electrons. The molecule has 5 heteroatoms. The van der Waals surface area contributed by atoms with Crippen LogP contribution in [-0.4, -0.2) is 47.2 Å². The number of hydrogen-bond donors (Lipinski definition) is 1. The van der Waals surface area contributed by atoms with Crippen molar-refractivity contribution in [2.75, 3.05) is 31.1 Å². The maximum atomic E-state index is 9.45. The van der Waals surface area contributed by atoms with Gasteiger partial charge in [-0.1, -0.05) is 6.92 Å². The Morgan fingerprint density at radius 1 is 1.37 bits per heavy atom. The number of aliphatic hydroxyl groups is 1. The predicted octanol–water partition coefficient (Wildman–Crippen LogP) is 2.26. The second-order valence-corrected chi connectivity index (χ2v) is 5.99. The molecule has 0 saturated carbocycles. The monoisotopic (exact) mass is 327 g/mol. The normalized spacial score (nSPS) is 18.6. The summed E-state index contributed by atoms with van der Waals surface area (Å²) in [5.41, 5.74) is 0.895. The molecule has 0 bridgehead atoms. The number of piperazine rings is 1. The average molecular weight is 328 g/mol. The topological polar surface area (TPSA) is 39.6 Å². The van der Waals surface area contributed by atoms with E-state index in [0.29, 0.717) is 6.04 Å². The van der Waals surface area contributed by atoms with Gasteiger partial charge in [-0.15, -0.1) is 0 Å². The van der Waals surface area contributed by atoms with E-state index in [2.05, 4.69) is 44.6 Å². The SMILES string of the molecule is CCC(C)N1CCN(c2ncc(Br)cc2CO)CC1. The number of pyridine rings is 1. The van der Waals surface area contributed by atoms with Crippen molar-refractivity contribution in [2.45, 2.75) is 32.9 Å². The van der Waals surface area contributed by atoms with Gasteiger partial charge in [0.05, 0.1) is 6.61 Å². The lowest BCUT2D eigenvalue weighted by atomic mass is 10.1. The first-order valence-corrected chi connectivity index (χ1v) is 7.69. The van der Waals surface area contributed by atoms with Gasteiger partial charge in [-0.3, -0.25) is 4.90 Å². The molecule has 0 amide bonds. The molecule has 1 aliphatic rings. The fourth-order valence-corrected chi connectivity index (χ4v) is 2.89. The standard InChI is InChI=1S/C14H22BrN3O/c1-3-11(2)17-4-6-18(7-5-17)14-12(10-19)8-13(15)9-16-14/h8-9,11,19H,3-7,10H2,1-2H3. The molecule has 1 aromatic heterocycles. The van der Waals surface area contributed by atoms with Gasteiger partial charge >= 0.3 is 0 Å². The van der Waals surface area contributed by atoms with Crippen LogP contribution in [-0.2, 0) is 6.61 Å². The van der Waals surface area contributed by atoms with Gasteiger partial charge in [0.2, 0.25) is 0 Å². The molecule has 1 aromatic rings. The lowest BCUT2D eigenvalue weighted by Gasteiger charge is -2.38. The van der Waals surface area contributed by atoms with Crippen LogP contribution in [0.3, 0.4) is 0 Å². The first-order valence-electron chi connectivity index (χ1n) is 6.90. The Morgan fingerprint density at radius 3 is 2.63 bits per heavy atom. The fraction of sp³-hybridized carbons (Fsp3) is 0.643. The lowest BCUT2D eigenvalue weighted by Crippen LogP contribution is -2.50. The predicted molar refractivity (Wildman–Crippen MR) is 81.4 cm³/mol. The van der Waals surface area contributed by atoms with E-state index >= 15 is 0 Å². The third kappa shape index (κ3) is 3.46. The van der Waals surface area contributed by atoms with E-state index in [1.165, 1.54) is 6.42 Å². The zero-order valence-electron chi connectivity index (χ0n) is 11.6. The van der Waals surface area contributed by atoms with E-state index in [-0.39, 0.29) is 6.61 Å². The van der Waals surface area contributed by atoms with Crippen LogP contribution in [0.5, 0.6) is 0 Å². The third-order valence-electron chi connectivity index (χ3n) is 3.91. The van der Waals surface area contributed by atoms with Crippen LogP contribution in [0, 0.1) is 0 Å². The number of anilines is 1. The summed E-state index contributed by atoms with van der Waals surface area (Å²) in [6.45, 7) is 8.64. The molecule has 4 nitrogen and oxygen atoms in total. The summed E-state index contributed by atoms with van der Waals surface area (Å²) in [6, 6.07) is 2.60. The van der Waals surface area contributed by atoms with Gasteiger partial charge in [-0.2, -0.15) is 0 Å². The van der Waals surface area contributed by atoms with Gasteiger partial charge in [-0.25, -0.2) is 4.98 Å². The summed E-state index contributed by atoms with van der Waals surface area (Å²) in [4.78, 5) is 9.26. The van der Waals surface area contributed by atoms with Crippen LogP contribution in [0.2, 0.25) is 0 Å². The first kappa shape index (κ1) is 14.8. The maximum absolute atomic E-state index is 9.45. The molecule has 0 aliphatic carbocycles. The summed E-state index contributed by atoms with van der Waals surface area (Å²) >= 11 is 3.40. The Labute approximate surface area is 123 Å². The van der Waals surface area contributed by atoms with Crippen LogP contribution < -0.4 is 4.90 Å². The van der Waals surface area contributed by atoms with Gasteiger partial charge in [0.1, 0.15) is 5.82 Å². The second-order valence-electron chi connectivity index (χ2n) is 5.07. The van der Waals surface area contributed by atoms with Crippen molar-refractivity contribution in [1.29, 1.82) is 0 Å². The molecule has 1 aliphatic heterocycles. The van der Waals surface area contributed by atoms with Crippen LogP contribution in [0.1, 0.15) is 25.8 Å². The summed E-state index contributed by atoms with van der Waals surface area (Å²) in [5.74, 6) is 0.925. The molecule has 0 spiro atoms. The highest BCUT2D eigenvalue weighted by Crippen LogP contribution is 2.23. The number of hydrogen-bond acceptors (Lipinski definition) is 4. The second kappa shape index (κ2) is 6.68. The zero-order valence-corrected chi connectivity index (χ0v) is 13.2. The van der Waals surface area contributed by atoms with E-state index in [1.807, 2.05) is 6.07 Å². The Morgan fingerprint density at radius 2 is 2.05 bits per heavy atom. The van der Waals surface area contributed by atoms with Crippen molar-refractivity contribution in [3.8, 4) is 0 Å².